The van der Waals surface area contributed by atoms with Gasteiger partial charge < -0.3 is 9.47 Å². The summed E-state index contributed by atoms with van der Waals surface area (Å²) in [6.07, 6.45) is 1.55. The van der Waals surface area contributed by atoms with Gasteiger partial charge in [-0.2, -0.15) is 5.10 Å². The highest BCUT2D eigenvalue weighted by Gasteiger charge is 2.05. The van der Waals surface area contributed by atoms with E-state index in [2.05, 4.69) is 15.2 Å². The number of rotatable bonds is 8. The van der Waals surface area contributed by atoms with Crippen molar-refractivity contribution in [2.75, 3.05) is 0 Å². The molecule has 0 aliphatic carbocycles. The fraction of sp³-hybridized carbons (Fsp3) is 0.111. The number of nitrogens with zero attached hydrogens (tertiary/aromatic N) is 2. The van der Waals surface area contributed by atoms with E-state index >= 15 is 0 Å². The Bertz CT molecular complexity index is 772. The predicted octanol–water partition coefficient (Wildman–Crippen LogP) is 2.59. The molecule has 0 aliphatic rings. The van der Waals surface area contributed by atoms with Crippen LogP contribution in [0.25, 0.3) is 0 Å². The number of aldehydes is 2. The largest absolute Gasteiger partial charge is 0.486 e. The molecule has 7 nitrogen and oxygen atoms in total. The average molecular weight is 337 g/mol. The molecule has 0 saturated heterocycles. The molecule has 1 heterocycles. The second kappa shape index (κ2) is 7.87. The third-order valence-electron chi connectivity index (χ3n) is 3.35. The molecule has 3 aromatic rings. The van der Waals surface area contributed by atoms with Crippen LogP contribution < -0.4 is 9.47 Å². The first-order valence-corrected chi connectivity index (χ1v) is 7.53. The first kappa shape index (κ1) is 16.4. The lowest BCUT2D eigenvalue weighted by Gasteiger charge is -2.04. The van der Waals surface area contributed by atoms with Gasteiger partial charge in [0, 0.05) is 11.1 Å². The molecule has 0 fully saturated rings. The van der Waals surface area contributed by atoms with Gasteiger partial charge >= 0.3 is 0 Å². The molecule has 0 amide bonds. The molecule has 0 unspecified atom stereocenters. The lowest BCUT2D eigenvalue weighted by molar-refractivity contribution is 0.111. The second-order valence-electron chi connectivity index (χ2n) is 5.15. The van der Waals surface area contributed by atoms with Gasteiger partial charge in [-0.05, 0) is 48.5 Å². The van der Waals surface area contributed by atoms with E-state index in [1.54, 1.807) is 48.5 Å². The van der Waals surface area contributed by atoms with E-state index < -0.39 is 0 Å². The fourth-order valence-corrected chi connectivity index (χ4v) is 2.05. The molecule has 0 spiro atoms. The van der Waals surface area contributed by atoms with Crippen molar-refractivity contribution >= 4 is 12.6 Å². The van der Waals surface area contributed by atoms with E-state index in [0.29, 0.717) is 34.3 Å². The van der Waals surface area contributed by atoms with Gasteiger partial charge in [0.25, 0.3) is 0 Å². The van der Waals surface area contributed by atoms with Crippen LogP contribution in [0.1, 0.15) is 32.4 Å². The summed E-state index contributed by atoms with van der Waals surface area (Å²) in [6.45, 7) is 0.423. The molecule has 126 valence electrons. The van der Waals surface area contributed by atoms with Crippen molar-refractivity contribution in [1.82, 2.24) is 15.2 Å². The quantitative estimate of drug-likeness (QED) is 0.635. The van der Waals surface area contributed by atoms with Crippen molar-refractivity contribution in [1.29, 1.82) is 0 Å². The molecule has 7 heteroatoms. The van der Waals surface area contributed by atoms with E-state index in [1.165, 1.54) is 0 Å². The lowest BCUT2D eigenvalue weighted by Crippen LogP contribution is -1.99. The number of carbonyl (C=O) groups is 2. The first-order valence-electron chi connectivity index (χ1n) is 7.53. The van der Waals surface area contributed by atoms with Crippen LogP contribution in [0.15, 0.2) is 48.5 Å². The molecular weight excluding hydrogens is 322 g/mol. The first-order chi connectivity index (χ1) is 12.3. The van der Waals surface area contributed by atoms with E-state index in [9.17, 15) is 9.59 Å². The summed E-state index contributed by atoms with van der Waals surface area (Å²) >= 11 is 0. The normalized spacial score (nSPS) is 10.2. The summed E-state index contributed by atoms with van der Waals surface area (Å²) in [5, 5.41) is 6.85. The van der Waals surface area contributed by atoms with Gasteiger partial charge in [-0.1, -0.05) is 0 Å². The summed E-state index contributed by atoms with van der Waals surface area (Å²) < 4.78 is 11.1. The van der Waals surface area contributed by atoms with Gasteiger partial charge in [-0.15, -0.1) is 0 Å². The number of aromatic nitrogens is 3. The molecule has 1 aromatic heterocycles. The van der Waals surface area contributed by atoms with Crippen molar-refractivity contribution in [2.24, 2.45) is 0 Å². The number of H-pyrrole nitrogens is 1. The summed E-state index contributed by atoms with van der Waals surface area (Å²) in [6, 6.07) is 13.6. The van der Waals surface area contributed by atoms with Gasteiger partial charge in [0.05, 0.1) is 0 Å². The molecule has 0 aliphatic heterocycles. The Kier molecular flexibility index (Phi) is 5.16. The summed E-state index contributed by atoms with van der Waals surface area (Å²) in [5.41, 5.74) is 1.18. The zero-order valence-corrected chi connectivity index (χ0v) is 13.2. The van der Waals surface area contributed by atoms with E-state index in [4.69, 9.17) is 9.47 Å². The number of aromatic amines is 1. The van der Waals surface area contributed by atoms with Crippen molar-refractivity contribution in [2.45, 2.75) is 13.2 Å². The van der Waals surface area contributed by atoms with Crippen LogP contribution in [0.2, 0.25) is 0 Å². The fourth-order valence-electron chi connectivity index (χ4n) is 2.05. The maximum Gasteiger partial charge on any atom is 0.188 e. The van der Waals surface area contributed by atoms with Crippen molar-refractivity contribution in [3.8, 4) is 11.5 Å². The molecule has 1 N–H and O–H groups in total. The maximum absolute atomic E-state index is 10.6. The third kappa shape index (κ3) is 4.51. The van der Waals surface area contributed by atoms with E-state index in [0.717, 1.165) is 12.6 Å². The second-order valence-corrected chi connectivity index (χ2v) is 5.15. The summed E-state index contributed by atoms with van der Waals surface area (Å²) in [4.78, 5) is 25.5. The average Bonchev–Trinajstić information content (AvgIpc) is 3.13. The Morgan fingerprint density at radius 1 is 0.800 bits per heavy atom. The number of hydrogen-bond donors (Lipinski definition) is 1. The van der Waals surface area contributed by atoms with Gasteiger partial charge in [0.15, 0.2) is 11.6 Å². The minimum atomic E-state index is 0.199. The van der Waals surface area contributed by atoms with Crippen LogP contribution in [-0.2, 0) is 13.2 Å². The molecule has 3 rings (SSSR count). The summed E-state index contributed by atoms with van der Waals surface area (Å²) in [7, 11) is 0. The van der Waals surface area contributed by atoms with Gasteiger partial charge in [-0.3, -0.25) is 14.7 Å². The topological polar surface area (TPSA) is 94.2 Å². The zero-order valence-electron chi connectivity index (χ0n) is 13.2. The number of carbonyl (C=O) groups excluding carboxylic acids is 2. The molecule has 0 saturated carbocycles. The third-order valence-corrected chi connectivity index (χ3v) is 3.35. The minimum absolute atomic E-state index is 0.199. The summed E-state index contributed by atoms with van der Waals surface area (Å²) in [5.74, 6) is 2.32. The van der Waals surface area contributed by atoms with E-state index in [1.807, 2.05) is 0 Å². The molecule has 25 heavy (non-hydrogen) atoms. The van der Waals surface area contributed by atoms with Crippen LogP contribution >= 0.6 is 0 Å². The standard InChI is InChI=1S/C18H15N3O4/c22-9-13-1-5-15(6-2-13)24-11-17-19-18(21-20-17)12-25-16-7-3-14(10-23)4-8-16/h1-10H,11-12H2,(H,19,20,21). The maximum atomic E-state index is 10.6. The van der Waals surface area contributed by atoms with Gasteiger partial charge in [0.2, 0.25) is 0 Å². The van der Waals surface area contributed by atoms with Crippen LogP contribution in [0.4, 0.5) is 0 Å². The van der Waals surface area contributed by atoms with Crippen LogP contribution in [-0.4, -0.2) is 27.8 Å². The zero-order chi connectivity index (χ0) is 17.5. The number of benzene rings is 2. The smallest absolute Gasteiger partial charge is 0.188 e. The number of ether oxygens (including phenoxy) is 2. The lowest BCUT2D eigenvalue weighted by atomic mass is 10.2. The predicted molar refractivity (Wildman–Crippen MR) is 88.7 cm³/mol. The molecule has 0 bridgehead atoms. The van der Waals surface area contributed by atoms with Crippen LogP contribution in [0, 0.1) is 0 Å². The highest BCUT2D eigenvalue weighted by Crippen LogP contribution is 2.14. The van der Waals surface area contributed by atoms with Crippen molar-refractivity contribution < 1.29 is 19.1 Å². The molecule has 2 aromatic carbocycles. The Balaban J connectivity index is 1.50. The Labute approximate surface area is 143 Å². The van der Waals surface area contributed by atoms with E-state index in [-0.39, 0.29) is 13.2 Å². The van der Waals surface area contributed by atoms with Crippen LogP contribution in [0.5, 0.6) is 11.5 Å². The van der Waals surface area contributed by atoms with Gasteiger partial charge in [0.1, 0.15) is 37.3 Å². The van der Waals surface area contributed by atoms with Gasteiger partial charge in [-0.25, -0.2) is 4.98 Å². The Morgan fingerprint density at radius 3 is 1.84 bits per heavy atom. The van der Waals surface area contributed by atoms with Crippen molar-refractivity contribution in [3.05, 3.63) is 71.3 Å². The monoisotopic (exact) mass is 337 g/mol. The SMILES string of the molecule is O=Cc1ccc(OCc2n[nH]c(COc3ccc(C=O)cc3)n2)cc1. The Morgan fingerprint density at radius 2 is 1.32 bits per heavy atom. The van der Waals surface area contributed by atoms with Crippen LogP contribution in [0.3, 0.4) is 0 Å². The molecule has 0 radical (unpaired) electrons. The highest BCUT2D eigenvalue weighted by molar-refractivity contribution is 5.75. The van der Waals surface area contributed by atoms with Crippen molar-refractivity contribution in [3.63, 3.8) is 0 Å². The highest BCUT2D eigenvalue weighted by atomic mass is 16.5. The molecular formula is C18H15N3O4. The molecule has 0 atom stereocenters. The number of nitrogens with one attached hydrogen (secondary N) is 1. The number of hydrogen-bond acceptors (Lipinski definition) is 6. The minimum Gasteiger partial charge on any atom is -0.486 e. The Hall–Kier alpha value is -3.48.